The van der Waals surface area contributed by atoms with Crippen LogP contribution in [0.1, 0.15) is 31.5 Å². The molecule has 0 unspecified atom stereocenters. The van der Waals surface area contributed by atoms with Crippen molar-refractivity contribution >= 4 is 35.3 Å². The van der Waals surface area contributed by atoms with Crippen LogP contribution in [0.3, 0.4) is 0 Å². The Morgan fingerprint density at radius 1 is 0.536 bits per heavy atom. The zero-order valence-electron chi connectivity index (χ0n) is 14.3. The van der Waals surface area contributed by atoms with Crippen molar-refractivity contribution in [2.45, 2.75) is 0 Å². The van der Waals surface area contributed by atoms with Gasteiger partial charge in [-0.15, -0.1) is 0 Å². The van der Waals surface area contributed by atoms with E-state index in [1.807, 2.05) is 0 Å². The number of aromatic carboxylic acids is 3. The van der Waals surface area contributed by atoms with Crippen molar-refractivity contribution in [3.05, 3.63) is 90.3 Å². The van der Waals surface area contributed by atoms with Crippen molar-refractivity contribution in [2.75, 3.05) is 0 Å². The third kappa shape index (κ3) is 9.77. The van der Waals surface area contributed by atoms with E-state index in [0.717, 1.165) is 0 Å². The quantitative estimate of drug-likeness (QED) is 0.457. The maximum atomic E-state index is 10.0. The van der Waals surface area contributed by atoms with Crippen LogP contribution in [0.4, 0.5) is 0 Å². The van der Waals surface area contributed by atoms with Crippen LogP contribution in [0.5, 0.6) is 0 Å². The Morgan fingerprint density at radius 3 is 0.893 bits per heavy atom. The van der Waals surface area contributed by atoms with E-state index >= 15 is 0 Å². The van der Waals surface area contributed by atoms with Gasteiger partial charge in [0.2, 0.25) is 0 Å². The number of carbonyl (C=O) groups is 3. The Hall–Kier alpha value is -3.61. The van der Waals surface area contributed by atoms with Gasteiger partial charge in [0.25, 0.3) is 0 Å². The Kier molecular flexibility index (Phi) is 11.8. The Labute approximate surface area is 170 Å². The van der Waals surface area contributed by atoms with Crippen molar-refractivity contribution in [3.8, 4) is 0 Å². The molecule has 0 aliphatic carbocycles. The van der Waals surface area contributed by atoms with E-state index in [2.05, 4.69) is 15.0 Å². The number of hydrogen-bond acceptors (Lipinski definition) is 9. The third-order valence-corrected chi connectivity index (χ3v) is 2.62. The summed E-state index contributed by atoms with van der Waals surface area (Å²) in [5, 5.41) is 30.1. The molecule has 0 aliphatic heterocycles. The second kappa shape index (κ2) is 13.6. The Bertz CT molecular complexity index is 747. The number of pyridine rings is 3. The molecule has 0 radical (unpaired) electrons. The average Bonchev–Trinajstić information content (AvgIpc) is 2.71. The fraction of sp³-hybridized carbons (Fsp3) is 0. The molecule has 0 spiro atoms. The van der Waals surface area contributed by atoms with Crippen molar-refractivity contribution < 1.29 is 29.7 Å². The zero-order chi connectivity index (χ0) is 20.1. The minimum atomic E-state index is -1.24. The van der Waals surface area contributed by atoms with Crippen molar-refractivity contribution in [3.63, 3.8) is 0 Å². The number of hydrogen-bond donors (Lipinski definition) is 0. The van der Waals surface area contributed by atoms with E-state index in [1.54, 1.807) is 36.4 Å². The molecule has 138 valence electrons. The van der Waals surface area contributed by atoms with Crippen LogP contribution in [-0.2, 0) is 0 Å². The topological polar surface area (TPSA) is 159 Å². The molecule has 0 saturated carbocycles. The van der Waals surface area contributed by atoms with E-state index in [1.165, 1.54) is 36.8 Å². The molecule has 0 amide bonds. The van der Waals surface area contributed by atoms with Crippen LogP contribution in [0.15, 0.2) is 73.2 Å². The Morgan fingerprint density at radius 2 is 0.786 bits per heavy atom. The molecule has 3 aromatic heterocycles. The maximum absolute atomic E-state index is 10.0. The van der Waals surface area contributed by atoms with E-state index in [4.69, 9.17) is 0 Å². The molecule has 3 rings (SSSR count). The van der Waals surface area contributed by atoms with E-state index in [0.29, 0.717) is 0 Å². The van der Waals surface area contributed by atoms with Gasteiger partial charge in [0.1, 0.15) is 0 Å². The summed E-state index contributed by atoms with van der Waals surface area (Å²) in [4.78, 5) is 40.6. The summed E-state index contributed by atoms with van der Waals surface area (Å²) < 4.78 is 0. The summed E-state index contributed by atoms with van der Waals surface area (Å²) in [6.45, 7) is 0. The summed E-state index contributed by atoms with van der Waals surface area (Å²) >= 11 is 0. The molecule has 0 saturated heterocycles. The first-order valence-corrected chi connectivity index (χ1v) is 7.29. The molecule has 0 aromatic carbocycles. The third-order valence-electron chi connectivity index (χ3n) is 2.62. The van der Waals surface area contributed by atoms with Crippen LogP contribution in [0.2, 0.25) is 0 Å². The largest absolute Gasteiger partial charge is 3.00 e. The van der Waals surface area contributed by atoms with Gasteiger partial charge in [-0.2, -0.15) is 0 Å². The summed E-state index contributed by atoms with van der Waals surface area (Å²) in [6.07, 6.45) is 4.22. The van der Waals surface area contributed by atoms with E-state index in [-0.39, 0.29) is 34.4 Å². The number of aromatic nitrogens is 3. The number of carboxylic acid groups (broad SMARTS) is 3. The summed E-state index contributed by atoms with van der Waals surface area (Å²) in [6, 6.07) is 13.9. The molecule has 9 nitrogen and oxygen atoms in total. The first-order valence-electron chi connectivity index (χ1n) is 7.29. The van der Waals surface area contributed by atoms with Gasteiger partial charge in [-0.3, -0.25) is 15.0 Å². The summed E-state index contributed by atoms with van der Waals surface area (Å²) in [5.41, 5.74) is -0.0903. The standard InChI is InChI=1S/3C6H5NO2.Al/c3*8-6(9)5-3-1-2-4-7-5;/h3*1-4H,(H,8,9);/q;;;+3/p-3. The molecule has 0 atom stereocenters. The van der Waals surface area contributed by atoms with Gasteiger partial charge in [-0.1, -0.05) is 18.2 Å². The smallest absolute Gasteiger partial charge is 0.543 e. The SMILES string of the molecule is O=C([O-])c1ccccn1.O=C([O-])c1ccccn1.O=C([O-])c1ccccn1.[Al+3]. The molecule has 28 heavy (non-hydrogen) atoms. The van der Waals surface area contributed by atoms with Gasteiger partial charge < -0.3 is 29.7 Å². The first-order chi connectivity index (χ1) is 12.9. The molecule has 0 bridgehead atoms. The molecule has 0 aliphatic rings. The molecule has 10 heteroatoms. The first kappa shape index (κ1) is 24.4. The van der Waals surface area contributed by atoms with Crippen molar-refractivity contribution in [1.82, 2.24) is 15.0 Å². The second-order valence-electron chi connectivity index (χ2n) is 4.51. The van der Waals surface area contributed by atoms with E-state index in [9.17, 15) is 29.7 Å². The van der Waals surface area contributed by atoms with Crippen LogP contribution in [0, 0.1) is 0 Å². The Balaban J connectivity index is 0.000000384. The van der Waals surface area contributed by atoms with Gasteiger partial charge in [0, 0.05) is 18.6 Å². The minimum Gasteiger partial charge on any atom is -0.543 e. The number of carbonyl (C=O) groups excluding carboxylic acids is 3. The molecule has 0 N–H and O–H groups in total. The molecule has 0 fully saturated rings. The predicted octanol–water partition coefficient (Wildman–Crippen LogP) is -2.05. The van der Waals surface area contributed by atoms with Crippen LogP contribution in [0.25, 0.3) is 0 Å². The summed E-state index contributed by atoms with van der Waals surface area (Å²) in [5.74, 6) is -3.72. The van der Waals surface area contributed by atoms with Gasteiger partial charge in [0.05, 0.1) is 35.0 Å². The molecular weight excluding hydrogens is 381 g/mol. The van der Waals surface area contributed by atoms with Gasteiger partial charge in [-0.25, -0.2) is 0 Å². The number of nitrogens with zero attached hydrogens (tertiary/aromatic N) is 3. The van der Waals surface area contributed by atoms with Crippen LogP contribution < -0.4 is 15.3 Å². The van der Waals surface area contributed by atoms with Gasteiger partial charge >= 0.3 is 17.4 Å². The summed E-state index contributed by atoms with van der Waals surface area (Å²) in [7, 11) is 0. The van der Waals surface area contributed by atoms with Crippen molar-refractivity contribution in [1.29, 1.82) is 0 Å². The maximum Gasteiger partial charge on any atom is 3.00 e. The molecule has 3 aromatic rings. The fourth-order valence-corrected chi connectivity index (χ4v) is 1.45. The minimum absolute atomic E-state index is 0. The average molecular weight is 393 g/mol. The van der Waals surface area contributed by atoms with Crippen LogP contribution >= 0.6 is 0 Å². The number of carboxylic acids is 3. The van der Waals surface area contributed by atoms with E-state index < -0.39 is 17.9 Å². The predicted molar refractivity (Wildman–Crippen MR) is 91.5 cm³/mol. The fourth-order valence-electron chi connectivity index (χ4n) is 1.45. The zero-order valence-corrected chi connectivity index (χ0v) is 15.5. The monoisotopic (exact) mass is 393 g/mol. The normalized spacial score (nSPS) is 8.57. The van der Waals surface area contributed by atoms with Gasteiger partial charge in [0.15, 0.2) is 0 Å². The molecular formula is C18H12AlN3O6. The van der Waals surface area contributed by atoms with Gasteiger partial charge in [-0.05, 0) is 36.4 Å². The van der Waals surface area contributed by atoms with Crippen LogP contribution in [-0.4, -0.2) is 50.2 Å². The van der Waals surface area contributed by atoms with Crippen molar-refractivity contribution in [2.24, 2.45) is 0 Å². The second-order valence-corrected chi connectivity index (χ2v) is 4.51. The number of rotatable bonds is 3. The molecule has 3 heterocycles.